The van der Waals surface area contributed by atoms with Crippen LogP contribution in [0.5, 0.6) is 5.75 Å². The molecule has 1 aromatic rings. The van der Waals surface area contributed by atoms with Crippen LogP contribution >= 0.6 is 0 Å². The molecule has 0 atom stereocenters. The Morgan fingerprint density at radius 3 is 2.60 bits per heavy atom. The van der Waals surface area contributed by atoms with Crippen LogP contribution in [0.2, 0.25) is 0 Å². The third-order valence-corrected chi connectivity index (χ3v) is 3.12. The van der Waals surface area contributed by atoms with Gasteiger partial charge in [0, 0.05) is 18.2 Å². The van der Waals surface area contributed by atoms with Crippen LogP contribution in [-0.4, -0.2) is 28.9 Å². The molecule has 0 saturated heterocycles. The van der Waals surface area contributed by atoms with Gasteiger partial charge in [0.15, 0.2) is 0 Å². The number of phenols is 1. The second-order valence-corrected chi connectivity index (χ2v) is 6.45. The lowest BCUT2D eigenvalue weighted by atomic mass is 10.2. The number of hydrogen-bond donors (Lipinski definition) is 2. The lowest BCUT2D eigenvalue weighted by molar-refractivity contribution is 0.0577. The quantitative estimate of drug-likeness (QED) is 0.891. The normalized spacial score (nSPS) is 16.6. The molecular formula is C15H22N2O3. The third kappa shape index (κ3) is 3.87. The van der Waals surface area contributed by atoms with Gasteiger partial charge in [-0.3, -0.25) is 4.90 Å². The lowest BCUT2D eigenvalue weighted by Crippen LogP contribution is -2.45. The van der Waals surface area contributed by atoms with Crippen molar-refractivity contribution >= 4 is 11.8 Å². The molecule has 0 aliphatic heterocycles. The van der Waals surface area contributed by atoms with Gasteiger partial charge in [-0.2, -0.15) is 0 Å². The highest BCUT2D eigenvalue weighted by atomic mass is 16.6. The molecule has 1 aromatic carbocycles. The zero-order chi connectivity index (χ0) is 15.0. The highest BCUT2D eigenvalue weighted by molar-refractivity contribution is 5.88. The summed E-state index contributed by atoms with van der Waals surface area (Å²) in [6.45, 7) is 5.86. The maximum absolute atomic E-state index is 12.3. The first-order valence-electron chi connectivity index (χ1n) is 6.77. The van der Waals surface area contributed by atoms with E-state index < -0.39 is 11.7 Å². The van der Waals surface area contributed by atoms with Gasteiger partial charge in [0.05, 0.1) is 5.69 Å². The fourth-order valence-electron chi connectivity index (χ4n) is 1.87. The number of benzene rings is 1. The number of carbonyl (C=O) groups is 1. The van der Waals surface area contributed by atoms with E-state index in [0.717, 1.165) is 12.8 Å². The average molecular weight is 278 g/mol. The van der Waals surface area contributed by atoms with Gasteiger partial charge in [0.25, 0.3) is 0 Å². The van der Waals surface area contributed by atoms with Gasteiger partial charge in [-0.15, -0.1) is 0 Å². The van der Waals surface area contributed by atoms with Gasteiger partial charge in [-0.05, 0) is 45.7 Å². The fraction of sp³-hybridized carbons (Fsp3) is 0.533. The first-order valence-corrected chi connectivity index (χ1v) is 6.77. The fourth-order valence-corrected chi connectivity index (χ4v) is 1.87. The molecule has 3 N–H and O–H groups in total. The standard InChI is InChI=1S/C15H22N2O3/c1-14(2,3)20-13(19)17(10-15(16)7-8-15)11-5-4-6-12(18)9-11/h4-6,9,18H,7-8,10,16H2,1-3H3. The molecule has 5 heteroatoms. The van der Waals surface area contributed by atoms with Crippen molar-refractivity contribution < 1.29 is 14.6 Å². The summed E-state index contributed by atoms with van der Waals surface area (Å²) in [4.78, 5) is 13.8. The Morgan fingerprint density at radius 1 is 1.45 bits per heavy atom. The molecule has 1 aliphatic rings. The second kappa shape index (κ2) is 4.98. The number of aromatic hydroxyl groups is 1. The number of hydrogen-bond acceptors (Lipinski definition) is 4. The summed E-state index contributed by atoms with van der Waals surface area (Å²) in [7, 11) is 0. The van der Waals surface area contributed by atoms with Crippen LogP contribution in [0.15, 0.2) is 24.3 Å². The minimum atomic E-state index is -0.572. The molecule has 110 valence electrons. The predicted molar refractivity (Wildman–Crippen MR) is 77.8 cm³/mol. The third-order valence-electron chi connectivity index (χ3n) is 3.12. The summed E-state index contributed by atoms with van der Waals surface area (Å²) in [5.74, 6) is 0.109. The molecule has 0 aromatic heterocycles. The number of nitrogens with two attached hydrogens (primary N) is 1. The first kappa shape index (κ1) is 14.7. The molecule has 0 unspecified atom stereocenters. The van der Waals surface area contributed by atoms with Crippen molar-refractivity contribution in [2.75, 3.05) is 11.4 Å². The Bertz CT molecular complexity index is 504. The van der Waals surface area contributed by atoms with E-state index in [4.69, 9.17) is 10.5 Å². The van der Waals surface area contributed by atoms with Crippen molar-refractivity contribution in [2.24, 2.45) is 5.73 Å². The lowest BCUT2D eigenvalue weighted by Gasteiger charge is -2.29. The van der Waals surface area contributed by atoms with Crippen molar-refractivity contribution in [1.29, 1.82) is 0 Å². The molecular weight excluding hydrogens is 256 g/mol. The summed E-state index contributed by atoms with van der Waals surface area (Å²) in [6.07, 6.45) is 1.34. The van der Waals surface area contributed by atoms with E-state index in [1.54, 1.807) is 18.2 Å². The Kier molecular flexibility index (Phi) is 3.65. The molecule has 1 fully saturated rings. The van der Waals surface area contributed by atoms with Crippen LogP contribution in [0.25, 0.3) is 0 Å². The molecule has 2 rings (SSSR count). The molecule has 1 amide bonds. The van der Waals surface area contributed by atoms with Crippen molar-refractivity contribution in [3.05, 3.63) is 24.3 Å². The number of phenolic OH excluding ortho intramolecular Hbond substituents is 1. The topological polar surface area (TPSA) is 75.8 Å². The van der Waals surface area contributed by atoms with E-state index in [2.05, 4.69) is 0 Å². The summed E-state index contributed by atoms with van der Waals surface area (Å²) in [5.41, 5.74) is 5.80. The molecule has 0 spiro atoms. The minimum absolute atomic E-state index is 0.109. The zero-order valence-corrected chi connectivity index (χ0v) is 12.2. The Labute approximate surface area is 119 Å². The van der Waals surface area contributed by atoms with Gasteiger partial charge >= 0.3 is 6.09 Å². The molecule has 0 bridgehead atoms. The highest BCUT2D eigenvalue weighted by Gasteiger charge is 2.42. The van der Waals surface area contributed by atoms with Crippen LogP contribution < -0.4 is 10.6 Å². The molecule has 20 heavy (non-hydrogen) atoms. The van der Waals surface area contributed by atoms with Gasteiger partial charge in [-0.1, -0.05) is 6.07 Å². The minimum Gasteiger partial charge on any atom is -0.508 e. The number of carbonyl (C=O) groups excluding carboxylic acids is 1. The number of ether oxygens (including phenoxy) is 1. The Hall–Kier alpha value is -1.75. The number of anilines is 1. The molecule has 5 nitrogen and oxygen atoms in total. The highest BCUT2D eigenvalue weighted by Crippen LogP contribution is 2.35. The summed E-state index contributed by atoms with van der Waals surface area (Å²) in [5, 5.41) is 9.58. The van der Waals surface area contributed by atoms with Crippen LogP contribution in [0.1, 0.15) is 33.6 Å². The predicted octanol–water partition coefficient (Wildman–Crippen LogP) is 2.63. The maximum atomic E-state index is 12.3. The van der Waals surface area contributed by atoms with E-state index in [1.807, 2.05) is 20.8 Å². The van der Waals surface area contributed by atoms with Crippen LogP contribution in [0.3, 0.4) is 0 Å². The van der Waals surface area contributed by atoms with E-state index in [0.29, 0.717) is 12.2 Å². The van der Waals surface area contributed by atoms with E-state index in [9.17, 15) is 9.90 Å². The Morgan fingerprint density at radius 2 is 2.10 bits per heavy atom. The Balaban J connectivity index is 2.22. The van der Waals surface area contributed by atoms with E-state index in [-0.39, 0.29) is 11.3 Å². The monoisotopic (exact) mass is 278 g/mol. The van der Waals surface area contributed by atoms with E-state index in [1.165, 1.54) is 11.0 Å². The SMILES string of the molecule is CC(C)(C)OC(=O)N(CC1(N)CC1)c1cccc(O)c1. The summed E-state index contributed by atoms with van der Waals surface area (Å²) >= 11 is 0. The summed E-state index contributed by atoms with van der Waals surface area (Å²) in [6, 6.07) is 6.55. The molecule has 1 saturated carbocycles. The zero-order valence-electron chi connectivity index (χ0n) is 12.2. The number of nitrogens with zero attached hydrogens (tertiary/aromatic N) is 1. The summed E-state index contributed by atoms with van der Waals surface area (Å²) < 4.78 is 5.42. The first-order chi connectivity index (χ1) is 9.19. The molecule has 0 heterocycles. The van der Waals surface area contributed by atoms with Crippen molar-refractivity contribution in [3.63, 3.8) is 0 Å². The van der Waals surface area contributed by atoms with Crippen LogP contribution in [0.4, 0.5) is 10.5 Å². The smallest absolute Gasteiger partial charge is 0.414 e. The largest absolute Gasteiger partial charge is 0.508 e. The van der Waals surface area contributed by atoms with Crippen molar-refractivity contribution in [3.8, 4) is 5.75 Å². The van der Waals surface area contributed by atoms with Crippen molar-refractivity contribution in [1.82, 2.24) is 0 Å². The van der Waals surface area contributed by atoms with Gasteiger partial charge in [0.1, 0.15) is 11.4 Å². The number of amides is 1. The van der Waals surface area contributed by atoms with Crippen LogP contribution in [-0.2, 0) is 4.74 Å². The maximum Gasteiger partial charge on any atom is 0.414 e. The van der Waals surface area contributed by atoms with E-state index >= 15 is 0 Å². The molecule has 1 aliphatic carbocycles. The van der Waals surface area contributed by atoms with Gasteiger partial charge in [0.2, 0.25) is 0 Å². The van der Waals surface area contributed by atoms with Gasteiger partial charge in [-0.25, -0.2) is 4.79 Å². The van der Waals surface area contributed by atoms with Gasteiger partial charge < -0.3 is 15.6 Å². The number of rotatable bonds is 3. The van der Waals surface area contributed by atoms with Crippen LogP contribution in [0, 0.1) is 0 Å². The molecule has 0 radical (unpaired) electrons. The average Bonchev–Trinajstić information content (AvgIpc) is 3.02. The van der Waals surface area contributed by atoms with Crippen molar-refractivity contribution in [2.45, 2.75) is 44.8 Å². The second-order valence-electron chi connectivity index (χ2n) is 6.45.